The van der Waals surface area contributed by atoms with Crippen LogP contribution in [0.25, 0.3) is 0 Å². The molecular weight excluding hydrogens is 256 g/mol. The number of hydrogen-bond acceptors (Lipinski definition) is 3. The largest absolute Gasteiger partial charge is 0.348 e. The molecule has 19 heavy (non-hydrogen) atoms. The summed E-state index contributed by atoms with van der Waals surface area (Å²) in [5, 5.41) is 5.30. The Hall–Kier alpha value is -0.870. The molecule has 0 saturated heterocycles. The molecule has 1 aliphatic carbocycles. The SMILES string of the molecule is CC(C)C(NC(=O)C1CCC(N)CC1)c1cccs1. The fourth-order valence-electron chi connectivity index (χ4n) is 2.69. The van der Waals surface area contributed by atoms with Gasteiger partial charge in [-0.1, -0.05) is 19.9 Å². The van der Waals surface area contributed by atoms with Crippen LogP contribution >= 0.6 is 11.3 Å². The summed E-state index contributed by atoms with van der Waals surface area (Å²) in [6.07, 6.45) is 3.82. The Morgan fingerprint density at radius 1 is 1.37 bits per heavy atom. The van der Waals surface area contributed by atoms with Crippen molar-refractivity contribution in [3.8, 4) is 0 Å². The van der Waals surface area contributed by atoms with Gasteiger partial charge in [-0.3, -0.25) is 4.79 Å². The zero-order valence-electron chi connectivity index (χ0n) is 11.8. The van der Waals surface area contributed by atoms with Crippen molar-refractivity contribution in [2.75, 3.05) is 0 Å². The van der Waals surface area contributed by atoms with Crippen LogP contribution in [-0.2, 0) is 4.79 Å². The monoisotopic (exact) mass is 280 g/mol. The van der Waals surface area contributed by atoms with E-state index in [4.69, 9.17) is 5.73 Å². The second-order valence-corrected chi connectivity index (χ2v) is 6.84. The Kier molecular flexibility index (Phi) is 4.99. The zero-order valence-corrected chi connectivity index (χ0v) is 12.6. The fourth-order valence-corrected chi connectivity index (χ4v) is 3.64. The van der Waals surface area contributed by atoms with Crippen LogP contribution < -0.4 is 11.1 Å². The van der Waals surface area contributed by atoms with Crippen LogP contribution in [0.2, 0.25) is 0 Å². The first-order valence-electron chi connectivity index (χ1n) is 7.17. The Morgan fingerprint density at radius 3 is 2.58 bits per heavy atom. The molecule has 1 saturated carbocycles. The third kappa shape index (κ3) is 3.80. The van der Waals surface area contributed by atoms with Crippen molar-refractivity contribution in [2.24, 2.45) is 17.6 Å². The van der Waals surface area contributed by atoms with Crippen LogP contribution in [0.5, 0.6) is 0 Å². The molecular formula is C15H24N2OS. The van der Waals surface area contributed by atoms with Crippen molar-refractivity contribution >= 4 is 17.2 Å². The Labute approximate surface area is 119 Å². The van der Waals surface area contributed by atoms with Gasteiger partial charge in [0.25, 0.3) is 0 Å². The molecule has 0 aromatic carbocycles. The molecule has 1 aliphatic rings. The summed E-state index contributed by atoms with van der Waals surface area (Å²) in [6, 6.07) is 4.58. The van der Waals surface area contributed by atoms with Crippen molar-refractivity contribution < 1.29 is 4.79 Å². The predicted octanol–water partition coefficient (Wildman–Crippen LogP) is 3.08. The van der Waals surface area contributed by atoms with Crippen molar-refractivity contribution in [3.05, 3.63) is 22.4 Å². The highest BCUT2D eigenvalue weighted by molar-refractivity contribution is 7.10. The minimum absolute atomic E-state index is 0.142. The minimum Gasteiger partial charge on any atom is -0.348 e. The van der Waals surface area contributed by atoms with Crippen molar-refractivity contribution in [1.29, 1.82) is 0 Å². The lowest BCUT2D eigenvalue weighted by Gasteiger charge is -2.28. The first kappa shape index (κ1) is 14.5. The highest BCUT2D eigenvalue weighted by Gasteiger charge is 2.27. The van der Waals surface area contributed by atoms with E-state index >= 15 is 0 Å². The van der Waals surface area contributed by atoms with Crippen molar-refractivity contribution in [3.63, 3.8) is 0 Å². The van der Waals surface area contributed by atoms with Crippen LogP contribution in [0.4, 0.5) is 0 Å². The van der Waals surface area contributed by atoms with E-state index in [1.54, 1.807) is 11.3 Å². The van der Waals surface area contributed by atoms with Crippen LogP contribution in [0.15, 0.2) is 17.5 Å². The maximum atomic E-state index is 12.4. The molecule has 3 nitrogen and oxygen atoms in total. The number of amides is 1. The summed E-state index contributed by atoms with van der Waals surface area (Å²) >= 11 is 1.71. The van der Waals surface area contributed by atoms with Crippen LogP contribution in [-0.4, -0.2) is 11.9 Å². The average Bonchev–Trinajstić information content (AvgIpc) is 2.89. The Bertz CT molecular complexity index is 394. The van der Waals surface area contributed by atoms with Gasteiger partial charge in [-0.05, 0) is 43.0 Å². The number of nitrogens with two attached hydrogens (primary N) is 1. The molecule has 1 unspecified atom stereocenters. The molecule has 106 valence electrons. The van der Waals surface area contributed by atoms with E-state index in [9.17, 15) is 4.79 Å². The smallest absolute Gasteiger partial charge is 0.223 e. The van der Waals surface area contributed by atoms with Gasteiger partial charge < -0.3 is 11.1 Å². The van der Waals surface area contributed by atoms with Gasteiger partial charge in [0.05, 0.1) is 6.04 Å². The van der Waals surface area contributed by atoms with E-state index in [1.165, 1.54) is 4.88 Å². The number of nitrogens with one attached hydrogen (secondary N) is 1. The lowest BCUT2D eigenvalue weighted by molar-refractivity contribution is -0.127. The van der Waals surface area contributed by atoms with Crippen LogP contribution in [0, 0.1) is 11.8 Å². The van der Waals surface area contributed by atoms with Gasteiger partial charge in [0.2, 0.25) is 5.91 Å². The third-order valence-corrected chi connectivity index (χ3v) is 4.91. The summed E-state index contributed by atoms with van der Waals surface area (Å²) in [5.41, 5.74) is 5.89. The Morgan fingerprint density at radius 2 is 2.05 bits per heavy atom. The first-order valence-corrected chi connectivity index (χ1v) is 8.05. The maximum absolute atomic E-state index is 12.4. The second kappa shape index (κ2) is 6.53. The molecule has 0 spiro atoms. The van der Waals surface area contributed by atoms with Gasteiger partial charge >= 0.3 is 0 Å². The molecule has 0 bridgehead atoms. The quantitative estimate of drug-likeness (QED) is 0.890. The van der Waals surface area contributed by atoms with Crippen molar-refractivity contribution in [2.45, 2.75) is 51.6 Å². The number of thiophene rings is 1. The molecule has 3 N–H and O–H groups in total. The third-order valence-electron chi connectivity index (χ3n) is 3.96. The molecule has 1 heterocycles. The van der Waals surface area contributed by atoms with E-state index in [1.807, 2.05) is 6.07 Å². The van der Waals surface area contributed by atoms with Gasteiger partial charge in [-0.25, -0.2) is 0 Å². The number of hydrogen-bond donors (Lipinski definition) is 2. The number of rotatable bonds is 4. The number of carbonyl (C=O) groups excluding carboxylic acids is 1. The molecule has 0 aliphatic heterocycles. The van der Waals surface area contributed by atoms with Gasteiger partial charge in [-0.2, -0.15) is 0 Å². The second-order valence-electron chi connectivity index (χ2n) is 5.86. The van der Waals surface area contributed by atoms with Crippen molar-refractivity contribution in [1.82, 2.24) is 5.32 Å². The summed E-state index contributed by atoms with van der Waals surface area (Å²) in [7, 11) is 0. The van der Waals surface area contributed by atoms with E-state index < -0.39 is 0 Å². The lowest BCUT2D eigenvalue weighted by Crippen LogP contribution is -2.39. The van der Waals surface area contributed by atoms with Gasteiger partial charge in [0.15, 0.2) is 0 Å². The summed E-state index contributed by atoms with van der Waals surface area (Å²) in [6.45, 7) is 4.31. The van der Waals surface area contributed by atoms with E-state index in [-0.39, 0.29) is 17.9 Å². The normalized spacial score (nSPS) is 25.3. The van der Waals surface area contributed by atoms with Crippen LogP contribution in [0.1, 0.15) is 50.4 Å². The zero-order chi connectivity index (χ0) is 13.8. The van der Waals surface area contributed by atoms with E-state index in [0.717, 1.165) is 25.7 Å². The summed E-state index contributed by atoms with van der Waals surface area (Å²) in [4.78, 5) is 13.6. The van der Waals surface area contributed by atoms with E-state index in [2.05, 4.69) is 30.6 Å². The predicted molar refractivity (Wildman–Crippen MR) is 80.0 cm³/mol. The number of carbonyl (C=O) groups is 1. The molecule has 1 atom stereocenters. The first-order chi connectivity index (χ1) is 9.08. The summed E-state index contributed by atoms with van der Waals surface area (Å²) in [5.74, 6) is 0.772. The van der Waals surface area contributed by atoms with Crippen LogP contribution in [0.3, 0.4) is 0 Å². The minimum atomic E-state index is 0.142. The lowest BCUT2D eigenvalue weighted by atomic mass is 9.85. The molecule has 1 aromatic heterocycles. The molecule has 1 fully saturated rings. The van der Waals surface area contributed by atoms with Gasteiger partial charge in [0.1, 0.15) is 0 Å². The molecule has 1 amide bonds. The molecule has 0 radical (unpaired) electrons. The molecule has 2 rings (SSSR count). The average molecular weight is 280 g/mol. The topological polar surface area (TPSA) is 55.1 Å². The standard InChI is InChI=1S/C15H24N2OS/c1-10(2)14(13-4-3-9-19-13)17-15(18)11-5-7-12(16)8-6-11/h3-4,9-12,14H,5-8,16H2,1-2H3,(H,17,18). The summed E-state index contributed by atoms with van der Waals surface area (Å²) < 4.78 is 0. The van der Waals surface area contributed by atoms with E-state index in [0.29, 0.717) is 12.0 Å². The fraction of sp³-hybridized carbons (Fsp3) is 0.667. The van der Waals surface area contributed by atoms with Gasteiger partial charge in [-0.15, -0.1) is 11.3 Å². The molecule has 1 aromatic rings. The maximum Gasteiger partial charge on any atom is 0.223 e. The molecule has 4 heteroatoms. The highest BCUT2D eigenvalue weighted by Crippen LogP contribution is 2.28. The highest BCUT2D eigenvalue weighted by atomic mass is 32.1. The Balaban J connectivity index is 1.96. The van der Waals surface area contributed by atoms with Gasteiger partial charge in [0, 0.05) is 16.8 Å².